The first-order chi connectivity index (χ1) is 16.4. The first kappa shape index (κ1) is 24.7. The van der Waals surface area contributed by atoms with Gasteiger partial charge in [-0.25, -0.2) is 9.78 Å². The summed E-state index contributed by atoms with van der Waals surface area (Å²) in [5, 5.41) is 9.16. The summed E-state index contributed by atoms with van der Waals surface area (Å²) in [7, 11) is 3.39. The number of alkyl halides is 3. The summed E-state index contributed by atoms with van der Waals surface area (Å²) >= 11 is 0. The van der Waals surface area contributed by atoms with E-state index in [1.807, 2.05) is 25.7 Å². The molecule has 1 unspecified atom stereocenters. The smallest absolute Gasteiger partial charge is 0.349 e. The van der Waals surface area contributed by atoms with Crippen molar-refractivity contribution in [2.24, 2.45) is 14.1 Å². The molecule has 3 aromatic rings. The number of rotatable bonds is 4. The molecule has 3 atom stereocenters. The Hall–Kier alpha value is -3.39. The van der Waals surface area contributed by atoms with Crippen molar-refractivity contribution in [3.05, 3.63) is 51.7 Å². The van der Waals surface area contributed by atoms with Crippen molar-refractivity contribution in [1.29, 1.82) is 5.26 Å². The van der Waals surface area contributed by atoms with Crippen LogP contribution in [0.4, 0.5) is 19.0 Å². The highest BCUT2D eigenvalue weighted by atomic mass is 19.4. The van der Waals surface area contributed by atoms with Crippen molar-refractivity contribution in [2.45, 2.75) is 51.5 Å². The van der Waals surface area contributed by atoms with E-state index in [1.165, 1.54) is 16.7 Å². The van der Waals surface area contributed by atoms with Crippen LogP contribution in [0.3, 0.4) is 0 Å². The molecule has 0 spiro atoms. The number of imidazole rings is 1. The second-order valence-electron chi connectivity index (χ2n) is 9.22. The maximum atomic E-state index is 13.2. The predicted octanol–water partition coefficient (Wildman–Crippen LogP) is 3.41. The highest BCUT2D eigenvalue weighted by molar-refractivity contribution is 5.84. The molecule has 0 aliphatic carbocycles. The Labute approximate surface area is 201 Å². The molecule has 0 bridgehead atoms. The van der Waals surface area contributed by atoms with Crippen LogP contribution in [0.5, 0.6) is 0 Å². The van der Waals surface area contributed by atoms with E-state index in [9.17, 15) is 18.0 Å². The van der Waals surface area contributed by atoms with Gasteiger partial charge in [-0.05, 0) is 38.5 Å². The van der Waals surface area contributed by atoms with E-state index in [0.29, 0.717) is 41.5 Å². The molecular weight excluding hydrogens is 459 g/mol. The second kappa shape index (κ2) is 9.00. The molecule has 0 N–H and O–H groups in total. The van der Waals surface area contributed by atoms with Crippen molar-refractivity contribution in [1.82, 2.24) is 24.0 Å². The normalized spacial score (nSPS) is 20.3. The molecule has 11 heteroatoms. The highest BCUT2D eigenvalue weighted by Crippen LogP contribution is 2.34. The zero-order valence-electron chi connectivity index (χ0n) is 20.3. The van der Waals surface area contributed by atoms with Gasteiger partial charge in [-0.2, -0.15) is 23.4 Å². The van der Waals surface area contributed by atoms with Crippen LogP contribution in [0.15, 0.2) is 29.1 Å². The van der Waals surface area contributed by atoms with Crippen molar-refractivity contribution < 1.29 is 13.2 Å². The van der Waals surface area contributed by atoms with Gasteiger partial charge in [0, 0.05) is 45.3 Å². The number of nitrogens with zero attached hydrogens (tertiary/aromatic N) is 7. The van der Waals surface area contributed by atoms with Gasteiger partial charge in [0.15, 0.2) is 5.82 Å². The molecule has 35 heavy (non-hydrogen) atoms. The number of nitriles is 1. The second-order valence-corrected chi connectivity index (χ2v) is 9.22. The molecular formula is C24H28F3N7O. The average molecular weight is 488 g/mol. The summed E-state index contributed by atoms with van der Waals surface area (Å²) in [6, 6.07) is 7.22. The zero-order valence-corrected chi connectivity index (χ0v) is 20.3. The average Bonchev–Trinajstić information content (AvgIpc) is 3.13. The predicted molar refractivity (Wildman–Crippen MR) is 126 cm³/mol. The number of aromatic nitrogens is 4. The van der Waals surface area contributed by atoms with E-state index in [-0.39, 0.29) is 24.5 Å². The Bertz CT molecular complexity index is 1350. The zero-order chi connectivity index (χ0) is 25.7. The van der Waals surface area contributed by atoms with Crippen LogP contribution >= 0.6 is 0 Å². The Balaban J connectivity index is 1.67. The third kappa shape index (κ3) is 4.38. The highest BCUT2D eigenvalue weighted by Gasteiger charge is 2.36. The van der Waals surface area contributed by atoms with Crippen molar-refractivity contribution >= 4 is 17.0 Å². The van der Waals surface area contributed by atoms with Crippen LogP contribution in [0.2, 0.25) is 0 Å². The molecule has 4 rings (SSSR count). The van der Waals surface area contributed by atoms with E-state index < -0.39 is 17.4 Å². The number of anilines is 1. The van der Waals surface area contributed by atoms with Gasteiger partial charge in [-0.1, -0.05) is 12.1 Å². The molecule has 0 saturated carbocycles. The first-order valence-electron chi connectivity index (χ1n) is 11.4. The number of halogens is 3. The molecule has 0 amide bonds. The Morgan fingerprint density at radius 2 is 1.86 bits per heavy atom. The van der Waals surface area contributed by atoms with Gasteiger partial charge < -0.3 is 9.47 Å². The minimum absolute atomic E-state index is 0.0288. The van der Waals surface area contributed by atoms with Gasteiger partial charge in [-0.3, -0.25) is 9.47 Å². The molecule has 1 saturated heterocycles. The lowest BCUT2D eigenvalue weighted by atomic mass is 9.99. The molecule has 1 aromatic carbocycles. The molecule has 2 aromatic heterocycles. The SMILES string of the molecule is CC(c1cccc(C(F)(F)F)c1)N1C[C@H](C)N(c2nc(=O)n(C)c3c2nc(CC#N)n3C)C[C@H]1C. The molecule has 1 fully saturated rings. The van der Waals surface area contributed by atoms with E-state index >= 15 is 0 Å². The quantitative estimate of drug-likeness (QED) is 0.561. The summed E-state index contributed by atoms with van der Waals surface area (Å²) in [4.78, 5) is 25.9. The Kier molecular flexibility index (Phi) is 6.36. The maximum Gasteiger partial charge on any atom is 0.416 e. The lowest BCUT2D eigenvalue weighted by Crippen LogP contribution is -2.57. The fourth-order valence-electron chi connectivity index (χ4n) is 4.96. The summed E-state index contributed by atoms with van der Waals surface area (Å²) in [5.41, 5.74) is 0.672. The first-order valence-corrected chi connectivity index (χ1v) is 11.4. The van der Waals surface area contributed by atoms with Gasteiger partial charge in [0.25, 0.3) is 0 Å². The number of hydrogen-bond donors (Lipinski definition) is 0. The summed E-state index contributed by atoms with van der Waals surface area (Å²) in [5.74, 6) is 1.01. The number of fused-ring (bicyclic) bond motifs is 1. The van der Waals surface area contributed by atoms with Crippen LogP contribution in [-0.4, -0.2) is 49.2 Å². The van der Waals surface area contributed by atoms with Gasteiger partial charge in [-0.15, -0.1) is 0 Å². The van der Waals surface area contributed by atoms with Gasteiger partial charge in [0.1, 0.15) is 17.0 Å². The number of benzene rings is 1. The minimum Gasteiger partial charge on any atom is -0.349 e. The van der Waals surface area contributed by atoms with Crippen LogP contribution in [-0.2, 0) is 26.7 Å². The molecule has 1 aliphatic rings. The Morgan fingerprint density at radius 3 is 2.51 bits per heavy atom. The lowest BCUT2D eigenvalue weighted by molar-refractivity contribution is -0.137. The van der Waals surface area contributed by atoms with Gasteiger partial charge >= 0.3 is 11.9 Å². The van der Waals surface area contributed by atoms with Gasteiger partial charge in [0.2, 0.25) is 0 Å². The molecule has 1 aliphatic heterocycles. The monoisotopic (exact) mass is 487 g/mol. The van der Waals surface area contributed by atoms with E-state index in [4.69, 9.17) is 5.26 Å². The standard InChI is InChI=1S/C24H28F3N7O/c1-14-13-34(21-20-22(32(5)23(35)30-21)31(4)19(29-20)9-10-28)15(2)12-33(14)16(3)17-7-6-8-18(11-17)24(25,26)27/h6-8,11,14-16H,9,12-13H2,1-5H3/t14-,15+,16?/m1/s1. The number of aryl methyl sites for hydroxylation is 2. The summed E-state index contributed by atoms with van der Waals surface area (Å²) in [6.07, 6.45) is -4.29. The van der Waals surface area contributed by atoms with Crippen molar-refractivity contribution in [2.75, 3.05) is 18.0 Å². The topological polar surface area (TPSA) is 83.0 Å². The van der Waals surface area contributed by atoms with E-state index in [1.54, 1.807) is 24.7 Å². The Morgan fingerprint density at radius 1 is 1.14 bits per heavy atom. The van der Waals surface area contributed by atoms with Crippen molar-refractivity contribution in [3.8, 4) is 6.07 Å². The fourth-order valence-corrected chi connectivity index (χ4v) is 4.96. The van der Waals surface area contributed by atoms with Crippen LogP contribution in [0, 0.1) is 11.3 Å². The van der Waals surface area contributed by atoms with E-state index in [0.717, 1.165) is 6.07 Å². The van der Waals surface area contributed by atoms with Crippen molar-refractivity contribution in [3.63, 3.8) is 0 Å². The number of piperazine rings is 1. The summed E-state index contributed by atoms with van der Waals surface area (Å²) < 4.78 is 42.9. The molecule has 186 valence electrons. The third-order valence-electron chi connectivity index (χ3n) is 6.91. The largest absolute Gasteiger partial charge is 0.416 e. The molecule has 3 heterocycles. The maximum absolute atomic E-state index is 13.2. The minimum atomic E-state index is -4.39. The molecule has 0 radical (unpaired) electrons. The lowest BCUT2D eigenvalue weighted by Gasteiger charge is -2.47. The molecule has 8 nitrogen and oxygen atoms in total. The van der Waals surface area contributed by atoms with Gasteiger partial charge in [0.05, 0.1) is 18.1 Å². The summed E-state index contributed by atoms with van der Waals surface area (Å²) in [6.45, 7) is 7.01. The van der Waals surface area contributed by atoms with E-state index in [2.05, 4.69) is 20.9 Å². The fraction of sp³-hybridized carbons (Fsp3) is 0.500. The van der Waals surface area contributed by atoms with Crippen LogP contribution < -0.4 is 10.6 Å². The van der Waals surface area contributed by atoms with Crippen LogP contribution in [0.25, 0.3) is 11.2 Å². The van der Waals surface area contributed by atoms with Crippen LogP contribution in [0.1, 0.15) is 43.8 Å². The third-order valence-corrected chi connectivity index (χ3v) is 6.91. The number of hydrogen-bond acceptors (Lipinski definition) is 6.